The maximum absolute atomic E-state index is 12.2. The Labute approximate surface area is 164 Å². The lowest BCUT2D eigenvalue weighted by Crippen LogP contribution is -2.37. The Morgan fingerprint density at radius 1 is 1.26 bits per heavy atom. The number of carbonyl (C=O) groups excluding carboxylic acids is 1. The van der Waals surface area contributed by atoms with Gasteiger partial charge < -0.3 is 19.4 Å². The predicted molar refractivity (Wildman–Crippen MR) is 107 cm³/mol. The Morgan fingerprint density at radius 3 is 2.70 bits per heavy atom. The van der Waals surface area contributed by atoms with Crippen LogP contribution in [-0.2, 0) is 11.3 Å². The monoisotopic (exact) mass is 389 g/mol. The standard InChI is InChI=1S/C20H27N3O3S/c1-5-23-16(15-6-7-17-18(10-15)26-9-8-25-17)11-21-20(23)27-12-19(24)22-14(4)13(2)3/h6-7,10-11,13-14H,5,8-9,12H2,1-4H3,(H,22,24). The second-order valence-corrected chi connectivity index (χ2v) is 7.86. The maximum Gasteiger partial charge on any atom is 0.230 e. The van der Waals surface area contributed by atoms with Gasteiger partial charge in [0.1, 0.15) is 13.2 Å². The Balaban J connectivity index is 1.72. The van der Waals surface area contributed by atoms with Crippen molar-refractivity contribution in [2.45, 2.75) is 45.4 Å². The summed E-state index contributed by atoms with van der Waals surface area (Å²) in [5.74, 6) is 2.34. The van der Waals surface area contributed by atoms with Crippen molar-refractivity contribution in [1.29, 1.82) is 0 Å². The number of fused-ring (bicyclic) bond motifs is 1. The summed E-state index contributed by atoms with van der Waals surface area (Å²) in [7, 11) is 0. The molecule has 0 fully saturated rings. The molecule has 0 bridgehead atoms. The largest absolute Gasteiger partial charge is 0.486 e. The molecule has 1 aliphatic rings. The van der Waals surface area contributed by atoms with Crippen LogP contribution in [0.3, 0.4) is 0 Å². The number of nitrogens with zero attached hydrogens (tertiary/aromatic N) is 2. The first kappa shape index (κ1) is 19.6. The number of ether oxygens (including phenoxy) is 2. The lowest BCUT2D eigenvalue weighted by atomic mass is 10.1. The normalized spacial score (nSPS) is 14.3. The van der Waals surface area contributed by atoms with E-state index < -0.39 is 0 Å². The number of amides is 1. The number of rotatable bonds is 7. The molecule has 7 heteroatoms. The second kappa shape index (κ2) is 8.69. The number of hydrogen-bond donors (Lipinski definition) is 1. The molecule has 0 radical (unpaired) electrons. The van der Waals surface area contributed by atoms with Gasteiger partial charge in [-0.1, -0.05) is 25.6 Å². The molecule has 146 valence electrons. The summed E-state index contributed by atoms with van der Waals surface area (Å²) in [6.45, 7) is 10.2. The summed E-state index contributed by atoms with van der Waals surface area (Å²) in [6.07, 6.45) is 1.85. The molecule has 3 rings (SSSR count). The number of nitrogens with one attached hydrogen (secondary N) is 1. The van der Waals surface area contributed by atoms with Crippen molar-refractivity contribution in [3.8, 4) is 22.8 Å². The first-order valence-corrected chi connectivity index (χ1v) is 10.4. The average molecular weight is 390 g/mol. The Kier molecular flexibility index (Phi) is 6.31. The van der Waals surface area contributed by atoms with E-state index in [0.717, 1.165) is 34.5 Å². The Morgan fingerprint density at radius 2 is 2.00 bits per heavy atom. The summed E-state index contributed by atoms with van der Waals surface area (Å²) in [5.41, 5.74) is 2.03. The third kappa shape index (κ3) is 4.58. The molecule has 2 heterocycles. The molecular formula is C20H27N3O3S. The van der Waals surface area contributed by atoms with Crippen molar-refractivity contribution in [3.05, 3.63) is 24.4 Å². The van der Waals surface area contributed by atoms with Crippen LogP contribution in [0, 0.1) is 5.92 Å². The lowest BCUT2D eigenvalue weighted by Gasteiger charge is -2.19. The van der Waals surface area contributed by atoms with Crippen LogP contribution in [0.1, 0.15) is 27.7 Å². The van der Waals surface area contributed by atoms with Crippen LogP contribution in [-0.4, -0.2) is 40.5 Å². The predicted octanol–water partition coefficient (Wildman–Crippen LogP) is 3.59. The summed E-state index contributed by atoms with van der Waals surface area (Å²) >= 11 is 1.46. The van der Waals surface area contributed by atoms with Crippen LogP contribution in [0.15, 0.2) is 29.6 Å². The molecule has 1 amide bonds. The van der Waals surface area contributed by atoms with Crippen molar-refractivity contribution in [3.63, 3.8) is 0 Å². The van der Waals surface area contributed by atoms with E-state index in [1.807, 2.05) is 31.3 Å². The topological polar surface area (TPSA) is 65.4 Å². The van der Waals surface area contributed by atoms with Gasteiger partial charge in [0.15, 0.2) is 16.7 Å². The molecule has 1 atom stereocenters. The fourth-order valence-corrected chi connectivity index (χ4v) is 3.66. The van der Waals surface area contributed by atoms with Gasteiger partial charge in [0.05, 0.1) is 17.6 Å². The van der Waals surface area contributed by atoms with E-state index in [0.29, 0.717) is 24.9 Å². The van der Waals surface area contributed by atoms with Crippen molar-refractivity contribution in [2.24, 2.45) is 5.92 Å². The highest BCUT2D eigenvalue weighted by molar-refractivity contribution is 7.99. The summed E-state index contributed by atoms with van der Waals surface area (Å²) in [5, 5.41) is 3.87. The quantitative estimate of drug-likeness (QED) is 0.733. The third-order valence-corrected chi connectivity index (χ3v) is 5.68. The van der Waals surface area contributed by atoms with Gasteiger partial charge in [0, 0.05) is 18.2 Å². The third-order valence-electron chi connectivity index (χ3n) is 4.69. The van der Waals surface area contributed by atoms with Gasteiger partial charge in [-0.15, -0.1) is 0 Å². The summed E-state index contributed by atoms with van der Waals surface area (Å²) in [4.78, 5) is 16.7. The van der Waals surface area contributed by atoms with Crippen LogP contribution in [0.4, 0.5) is 0 Å². The van der Waals surface area contributed by atoms with E-state index >= 15 is 0 Å². The van der Waals surface area contributed by atoms with Crippen LogP contribution in [0.2, 0.25) is 0 Å². The van der Waals surface area contributed by atoms with E-state index in [9.17, 15) is 4.79 Å². The zero-order chi connectivity index (χ0) is 19.4. The molecule has 1 aromatic carbocycles. The van der Waals surface area contributed by atoms with Crippen LogP contribution in [0.25, 0.3) is 11.3 Å². The lowest BCUT2D eigenvalue weighted by molar-refractivity contribution is -0.119. The van der Waals surface area contributed by atoms with Gasteiger partial charge in [-0.3, -0.25) is 4.79 Å². The second-order valence-electron chi connectivity index (χ2n) is 6.92. The van der Waals surface area contributed by atoms with Crippen LogP contribution >= 0.6 is 11.8 Å². The molecular weight excluding hydrogens is 362 g/mol. The molecule has 2 aromatic rings. The van der Waals surface area contributed by atoms with Crippen molar-refractivity contribution in [2.75, 3.05) is 19.0 Å². The number of hydrogen-bond acceptors (Lipinski definition) is 5. The number of benzene rings is 1. The number of carbonyl (C=O) groups is 1. The van der Waals surface area contributed by atoms with Crippen molar-refractivity contribution in [1.82, 2.24) is 14.9 Å². The van der Waals surface area contributed by atoms with Gasteiger partial charge in [0.25, 0.3) is 0 Å². The van der Waals surface area contributed by atoms with Gasteiger partial charge in [0.2, 0.25) is 5.91 Å². The number of aromatic nitrogens is 2. The Hall–Kier alpha value is -2.15. The minimum absolute atomic E-state index is 0.0349. The van der Waals surface area contributed by atoms with E-state index in [1.54, 1.807) is 0 Å². The van der Waals surface area contributed by atoms with Gasteiger partial charge in [-0.05, 0) is 38.0 Å². The van der Waals surface area contributed by atoms with Crippen molar-refractivity contribution >= 4 is 17.7 Å². The van der Waals surface area contributed by atoms with Crippen LogP contribution in [0.5, 0.6) is 11.5 Å². The highest BCUT2D eigenvalue weighted by atomic mass is 32.2. The zero-order valence-electron chi connectivity index (χ0n) is 16.3. The number of imidazole rings is 1. The first-order chi connectivity index (χ1) is 13.0. The molecule has 0 saturated carbocycles. The van der Waals surface area contributed by atoms with Gasteiger partial charge in [-0.2, -0.15) is 0 Å². The van der Waals surface area contributed by atoms with Crippen LogP contribution < -0.4 is 14.8 Å². The van der Waals surface area contributed by atoms with E-state index in [2.05, 4.69) is 35.6 Å². The first-order valence-electron chi connectivity index (χ1n) is 9.37. The summed E-state index contributed by atoms with van der Waals surface area (Å²) in [6, 6.07) is 6.10. The fourth-order valence-electron chi connectivity index (χ4n) is 2.80. The van der Waals surface area contributed by atoms with E-state index in [4.69, 9.17) is 9.47 Å². The maximum atomic E-state index is 12.2. The minimum atomic E-state index is 0.0349. The zero-order valence-corrected chi connectivity index (χ0v) is 17.1. The van der Waals surface area contributed by atoms with Gasteiger partial charge >= 0.3 is 0 Å². The van der Waals surface area contributed by atoms with Crippen molar-refractivity contribution < 1.29 is 14.3 Å². The SMILES string of the molecule is CCn1c(-c2ccc3c(c2)OCCO3)cnc1SCC(=O)NC(C)C(C)C. The van der Waals surface area contributed by atoms with E-state index in [-0.39, 0.29) is 11.9 Å². The molecule has 6 nitrogen and oxygen atoms in total. The average Bonchev–Trinajstić information content (AvgIpc) is 3.08. The molecule has 1 N–H and O–H groups in total. The highest BCUT2D eigenvalue weighted by Gasteiger charge is 2.17. The molecule has 1 unspecified atom stereocenters. The van der Waals surface area contributed by atoms with Gasteiger partial charge in [-0.25, -0.2) is 4.98 Å². The smallest absolute Gasteiger partial charge is 0.230 e. The minimum Gasteiger partial charge on any atom is -0.486 e. The molecule has 27 heavy (non-hydrogen) atoms. The molecule has 0 aliphatic carbocycles. The highest BCUT2D eigenvalue weighted by Crippen LogP contribution is 2.35. The Bertz CT molecular complexity index is 804. The fraction of sp³-hybridized carbons (Fsp3) is 0.500. The molecule has 0 spiro atoms. The molecule has 1 aliphatic heterocycles. The summed E-state index contributed by atoms with van der Waals surface area (Å²) < 4.78 is 13.4. The number of thioether (sulfide) groups is 1. The molecule has 1 aromatic heterocycles. The molecule has 0 saturated heterocycles. The van der Waals surface area contributed by atoms with E-state index in [1.165, 1.54) is 11.8 Å².